The monoisotopic (exact) mass is 275 g/mol. The van der Waals surface area contributed by atoms with Crippen molar-refractivity contribution in [2.75, 3.05) is 0 Å². The molecule has 0 unspecified atom stereocenters. The average molecular weight is 275 g/mol. The van der Waals surface area contributed by atoms with Crippen LogP contribution >= 0.6 is 0 Å². The van der Waals surface area contributed by atoms with Crippen LogP contribution in [0, 0.1) is 0 Å². The molecule has 20 heavy (non-hydrogen) atoms. The third-order valence-corrected chi connectivity index (χ3v) is 3.86. The molecule has 1 saturated carbocycles. The van der Waals surface area contributed by atoms with Gasteiger partial charge in [-0.25, -0.2) is 0 Å². The minimum Gasteiger partial charge on any atom is -0.419 e. The topological polar surface area (TPSA) is 65.0 Å². The molecule has 0 spiro atoms. The van der Waals surface area contributed by atoms with E-state index in [1.54, 1.807) is 0 Å². The first-order chi connectivity index (χ1) is 9.54. The predicted octanol–water partition coefficient (Wildman–Crippen LogP) is 4.07. The van der Waals surface area contributed by atoms with Gasteiger partial charge in [0.05, 0.1) is 0 Å². The van der Waals surface area contributed by atoms with Crippen LogP contribution in [-0.2, 0) is 5.41 Å². The second-order valence-corrected chi connectivity index (χ2v) is 6.61. The van der Waals surface area contributed by atoms with E-state index in [0.717, 1.165) is 24.5 Å². The molecular weight excluding hydrogens is 254 g/mol. The van der Waals surface area contributed by atoms with Crippen molar-refractivity contribution in [3.8, 4) is 11.6 Å². The second-order valence-electron chi connectivity index (χ2n) is 6.61. The molecule has 0 bridgehead atoms. The van der Waals surface area contributed by atoms with Crippen LogP contribution in [-0.4, -0.2) is 15.4 Å². The molecule has 0 aromatic carbocycles. The molecule has 0 atom stereocenters. The summed E-state index contributed by atoms with van der Waals surface area (Å²) in [4.78, 5) is 0. The summed E-state index contributed by atoms with van der Waals surface area (Å²) < 4.78 is 11.2. The summed E-state index contributed by atoms with van der Waals surface area (Å²) in [6.07, 6.45) is 6.11. The fourth-order valence-electron chi connectivity index (χ4n) is 2.58. The van der Waals surface area contributed by atoms with E-state index < -0.39 is 0 Å². The zero-order valence-electron chi connectivity index (χ0n) is 12.3. The fourth-order valence-corrected chi connectivity index (χ4v) is 2.58. The van der Waals surface area contributed by atoms with Crippen molar-refractivity contribution in [2.24, 2.45) is 0 Å². The zero-order chi connectivity index (χ0) is 14.2. The Hall–Kier alpha value is -1.65. The Labute approximate surface area is 118 Å². The standard InChI is InChI=1S/C15H21N3O2/c1-15(2,3)12-9-11(18-20-12)14-17-16-13(19-14)10-7-5-4-6-8-10/h9-10H,4-8H2,1-3H3. The van der Waals surface area contributed by atoms with Gasteiger partial charge in [0.2, 0.25) is 5.89 Å². The van der Waals surface area contributed by atoms with Gasteiger partial charge in [-0.2, -0.15) is 0 Å². The highest BCUT2D eigenvalue weighted by atomic mass is 16.5. The first kappa shape index (κ1) is 13.3. The molecule has 1 aliphatic rings. The predicted molar refractivity (Wildman–Crippen MR) is 74.3 cm³/mol. The van der Waals surface area contributed by atoms with E-state index >= 15 is 0 Å². The molecule has 2 aromatic rings. The van der Waals surface area contributed by atoms with Crippen molar-refractivity contribution < 1.29 is 8.94 Å². The summed E-state index contributed by atoms with van der Waals surface area (Å²) >= 11 is 0. The van der Waals surface area contributed by atoms with Crippen LogP contribution in [0.25, 0.3) is 11.6 Å². The molecule has 3 rings (SSSR count). The zero-order valence-corrected chi connectivity index (χ0v) is 12.3. The fraction of sp³-hybridized carbons (Fsp3) is 0.667. The molecule has 108 valence electrons. The maximum atomic E-state index is 5.79. The molecule has 0 radical (unpaired) electrons. The minimum absolute atomic E-state index is 0.0720. The van der Waals surface area contributed by atoms with Crippen molar-refractivity contribution in [3.63, 3.8) is 0 Å². The Kier molecular flexibility index (Phi) is 3.36. The lowest BCUT2D eigenvalue weighted by molar-refractivity contribution is 0.328. The largest absolute Gasteiger partial charge is 0.419 e. The molecule has 0 aliphatic heterocycles. The van der Waals surface area contributed by atoms with Gasteiger partial charge in [0.25, 0.3) is 5.89 Å². The van der Waals surface area contributed by atoms with Crippen molar-refractivity contribution >= 4 is 0 Å². The highest BCUT2D eigenvalue weighted by molar-refractivity contribution is 5.46. The third kappa shape index (κ3) is 2.62. The molecule has 1 fully saturated rings. The lowest BCUT2D eigenvalue weighted by atomic mass is 9.89. The van der Waals surface area contributed by atoms with Gasteiger partial charge >= 0.3 is 0 Å². The Bertz CT molecular complexity index is 574. The summed E-state index contributed by atoms with van der Waals surface area (Å²) in [5.74, 6) is 2.45. The number of nitrogens with zero attached hydrogens (tertiary/aromatic N) is 3. The van der Waals surface area contributed by atoms with Crippen LogP contribution in [0.2, 0.25) is 0 Å². The molecular formula is C15H21N3O2. The maximum Gasteiger partial charge on any atom is 0.269 e. The Morgan fingerprint density at radius 1 is 1.10 bits per heavy atom. The van der Waals surface area contributed by atoms with Crippen LogP contribution in [0.1, 0.15) is 70.4 Å². The summed E-state index contributed by atoms with van der Waals surface area (Å²) in [6, 6.07) is 1.89. The summed E-state index contributed by atoms with van der Waals surface area (Å²) in [6.45, 7) is 6.25. The number of rotatable bonds is 2. The van der Waals surface area contributed by atoms with Crippen molar-refractivity contribution in [1.29, 1.82) is 0 Å². The van der Waals surface area contributed by atoms with E-state index in [1.165, 1.54) is 19.3 Å². The molecule has 0 saturated heterocycles. The van der Waals surface area contributed by atoms with Gasteiger partial charge in [-0.3, -0.25) is 0 Å². The molecule has 5 nitrogen and oxygen atoms in total. The second kappa shape index (κ2) is 5.04. The first-order valence-electron chi connectivity index (χ1n) is 7.35. The van der Waals surface area contributed by atoms with Crippen LogP contribution in [0.15, 0.2) is 15.0 Å². The number of aromatic nitrogens is 3. The van der Waals surface area contributed by atoms with Gasteiger partial charge in [-0.15, -0.1) is 10.2 Å². The maximum absolute atomic E-state index is 5.79. The van der Waals surface area contributed by atoms with E-state index in [0.29, 0.717) is 17.5 Å². The Balaban J connectivity index is 1.81. The summed E-state index contributed by atoms with van der Waals surface area (Å²) in [5, 5.41) is 12.3. The van der Waals surface area contributed by atoms with E-state index in [9.17, 15) is 0 Å². The smallest absolute Gasteiger partial charge is 0.269 e. The van der Waals surface area contributed by atoms with E-state index in [1.807, 2.05) is 6.07 Å². The summed E-state index contributed by atoms with van der Waals surface area (Å²) in [7, 11) is 0. The van der Waals surface area contributed by atoms with Crippen LogP contribution in [0.5, 0.6) is 0 Å². The lowest BCUT2D eigenvalue weighted by Crippen LogP contribution is -2.09. The van der Waals surface area contributed by atoms with Gasteiger partial charge in [0.1, 0.15) is 5.76 Å². The van der Waals surface area contributed by atoms with Gasteiger partial charge < -0.3 is 8.94 Å². The van der Waals surface area contributed by atoms with E-state index in [-0.39, 0.29) is 5.41 Å². The van der Waals surface area contributed by atoms with Crippen LogP contribution in [0.3, 0.4) is 0 Å². The molecule has 0 amide bonds. The number of hydrogen-bond donors (Lipinski definition) is 0. The molecule has 0 N–H and O–H groups in total. The molecule has 2 aromatic heterocycles. The van der Waals surface area contributed by atoms with E-state index in [4.69, 9.17) is 8.94 Å². The van der Waals surface area contributed by atoms with Gasteiger partial charge in [0.15, 0.2) is 5.69 Å². The van der Waals surface area contributed by atoms with Gasteiger partial charge in [0, 0.05) is 17.4 Å². The summed E-state index contributed by atoms with van der Waals surface area (Å²) in [5.41, 5.74) is 0.557. The SMILES string of the molecule is CC(C)(C)c1cc(-c2nnc(C3CCCCC3)o2)no1. The highest BCUT2D eigenvalue weighted by Crippen LogP contribution is 2.33. The van der Waals surface area contributed by atoms with Crippen molar-refractivity contribution in [3.05, 3.63) is 17.7 Å². The molecule has 2 heterocycles. The van der Waals surface area contributed by atoms with Crippen molar-refractivity contribution in [2.45, 2.75) is 64.2 Å². The van der Waals surface area contributed by atoms with Crippen LogP contribution in [0.4, 0.5) is 0 Å². The first-order valence-corrected chi connectivity index (χ1v) is 7.35. The molecule has 1 aliphatic carbocycles. The number of hydrogen-bond acceptors (Lipinski definition) is 5. The van der Waals surface area contributed by atoms with E-state index in [2.05, 4.69) is 36.1 Å². The third-order valence-electron chi connectivity index (χ3n) is 3.86. The Morgan fingerprint density at radius 2 is 1.85 bits per heavy atom. The normalized spacial score (nSPS) is 17.6. The van der Waals surface area contributed by atoms with Gasteiger partial charge in [-0.1, -0.05) is 45.2 Å². The molecule has 5 heteroatoms. The van der Waals surface area contributed by atoms with Crippen LogP contribution < -0.4 is 0 Å². The quantitative estimate of drug-likeness (QED) is 0.826. The minimum atomic E-state index is -0.0720. The van der Waals surface area contributed by atoms with Gasteiger partial charge in [-0.05, 0) is 12.8 Å². The Morgan fingerprint density at radius 3 is 2.50 bits per heavy atom. The highest BCUT2D eigenvalue weighted by Gasteiger charge is 2.25. The van der Waals surface area contributed by atoms with Crippen molar-refractivity contribution in [1.82, 2.24) is 15.4 Å². The lowest BCUT2D eigenvalue weighted by Gasteiger charge is -2.17. The average Bonchev–Trinajstić information content (AvgIpc) is 3.08.